The molecule has 0 saturated carbocycles. The monoisotopic (exact) mass is 342 g/mol. The molecule has 2 aromatic heterocycles. The van der Waals surface area contributed by atoms with E-state index >= 15 is 0 Å². The fraction of sp³-hybridized carbons (Fsp3) is 0.267. The molecule has 3 rings (SSSR count). The molecule has 0 spiro atoms. The summed E-state index contributed by atoms with van der Waals surface area (Å²) in [5.41, 5.74) is 2.33. The van der Waals surface area contributed by atoms with Crippen LogP contribution in [-0.4, -0.2) is 55.9 Å². The number of nitrogens with one attached hydrogen (secondary N) is 3. The summed E-state index contributed by atoms with van der Waals surface area (Å²) in [5.74, 6) is 0.809. The van der Waals surface area contributed by atoms with E-state index in [0.717, 1.165) is 16.9 Å². The fourth-order valence-electron chi connectivity index (χ4n) is 2.20. The third-order valence-corrected chi connectivity index (χ3v) is 3.35. The van der Waals surface area contributed by atoms with Gasteiger partial charge >= 0.3 is 6.03 Å². The molecule has 10 heteroatoms. The zero-order valence-electron chi connectivity index (χ0n) is 14.1. The van der Waals surface area contributed by atoms with E-state index in [0.29, 0.717) is 5.69 Å². The van der Waals surface area contributed by atoms with Crippen molar-refractivity contribution in [2.24, 2.45) is 0 Å². The number of hydrogen-bond donors (Lipinski definition) is 3. The number of rotatable bonds is 4. The van der Waals surface area contributed by atoms with Gasteiger partial charge in [0, 0.05) is 19.8 Å². The Labute approximate surface area is 143 Å². The van der Waals surface area contributed by atoms with Gasteiger partial charge in [-0.15, -0.1) is 5.10 Å². The largest absolute Gasteiger partial charge is 0.342 e. The summed E-state index contributed by atoms with van der Waals surface area (Å²) >= 11 is 0. The lowest BCUT2D eigenvalue weighted by molar-refractivity contribution is -0.117. The van der Waals surface area contributed by atoms with Gasteiger partial charge in [0.15, 0.2) is 5.82 Å². The highest BCUT2D eigenvalue weighted by Crippen LogP contribution is 2.17. The highest BCUT2D eigenvalue weighted by molar-refractivity contribution is 5.93. The number of nitrogens with zero attached hydrogens (tertiary/aromatic N) is 5. The molecule has 3 amide bonds. The first-order valence-electron chi connectivity index (χ1n) is 7.55. The van der Waals surface area contributed by atoms with Gasteiger partial charge in [-0.1, -0.05) is 0 Å². The molecule has 0 bridgehead atoms. The number of urea groups is 1. The second kappa shape index (κ2) is 6.59. The van der Waals surface area contributed by atoms with Crippen LogP contribution in [0.15, 0.2) is 24.4 Å². The number of imidazole rings is 1. The second-order valence-corrected chi connectivity index (χ2v) is 5.69. The highest BCUT2D eigenvalue weighted by atomic mass is 16.2. The minimum absolute atomic E-state index is 0.0716. The van der Waals surface area contributed by atoms with Crippen LogP contribution in [-0.2, 0) is 11.3 Å². The highest BCUT2D eigenvalue weighted by Gasteiger charge is 2.10. The van der Waals surface area contributed by atoms with Gasteiger partial charge < -0.3 is 15.2 Å². The Hall–Kier alpha value is -3.43. The number of aromatic nitrogens is 5. The average molecular weight is 342 g/mol. The molecule has 3 N–H and O–H groups in total. The lowest BCUT2D eigenvalue weighted by Gasteiger charge is -2.09. The second-order valence-electron chi connectivity index (χ2n) is 5.69. The van der Waals surface area contributed by atoms with E-state index in [1.54, 1.807) is 20.2 Å². The summed E-state index contributed by atoms with van der Waals surface area (Å²) in [6, 6.07) is 5.10. The predicted octanol–water partition coefficient (Wildman–Crippen LogP) is 1.20. The van der Waals surface area contributed by atoms with Crippen molar-refractivity contribution in [1.29, 1.82) is 0 Å². The molecule has 3 aromatic rings. The van der Waals surface area contributed by atoms with Crippen LogP contribution in [0.1, 0.15) is 5.82 Å². The van der Waals surface area contributed by atoms with Gasteiger partial charge in [0.1, 0.15) is 12.4 Å². The molecule has 1 aromatic carbocycles. The zero-order chi connectivity index (χ0) is 18.0. The fourth-order valence-corrected chi connectivity index (χ4v) is 2.20. The molecule has 0 radical (unpaired) electrons. The molecule has 0 aliphatic carbocycles. The minimum Gasteiger partial charge on any atom is -0.342 e. The molecule has 0 fully saturated rings. The molecule has 10 nitrogen and oxygen atoms in total. The van der Waals surface area contributed by atoms with Crippen LogP contribution in [0.4, 0.5) is 16.3 Å². The average Bonchev–Trinajstić information content (AvgIpc) is 3.11. The van der Waals surface area contributed by atoms with Crippen molar-refractivity contribution in [3.8, 4) is 0 Å². The van der Waals surface area contributed by atoms with E-state index in [9.17, 15) is 9.59 Å². The van der Waals surface area contributed by atoms with Crippen molar-refractivity contribution in [2.45, 2.75) is 13.5 Å². The number of carbonyl (C=O) groups is 2. The van der Waals surface area contributed by atoms with Crippen LogP contribution in [0, 0.1) is 6.92 Å². The molecule has 25 heavy (non-hydrogen) atoms. The number of hydrogen-bond acceptors (Lipinski definition) is 5. The number of benzene rings is 1. The SMILES string of the molecule is Cc1nc2ccc(NC(=O)Cn3ncc(NC(=O)N(C)C)n3)cc2[nH]1. The van der Waals surface area contributed by atoms with Gasteiger partial charge in [0.05, 0.1) is 17.2 Å². The Morgan fingerprint density at radius 3 is 2.84 bits per heavy atom. The Bertz CT molecular complexity index is 927. The van der Waals surface area contributed by atoms with Crippen molar-refractivity contribution < 1.29 is 9.59 Å². The zero-order valence-corrected chi connectivity index (χ0v) is 14.1. The van der Waals surface area contributed by atoms with Crippen molar-refractivity contribution in [3.05, 3.63) is 30.2 Å². The topological polar surface area (TPSA) is 121 Å². The molecule has 130 valence electrons. The predicted molar refractivity (Wildman–Crippen MR) is 92.2 cm³/mol. The lowest BCUT2D eigenvalue weighted by Crippen LogP contribution is -2.27. The number of fused-ring (bicyclic) bond motifs is 1. The quantitative estimate of drug-likeness (QED) is 0.658. The molecule has 0 aliphatic rings. The molecular formula is C15H18N8O2. The van der Waals surface area contributed by atoms with E-state index in [1.165, 1.54) is 15.9 Å². The summed E-state index contributed by atoms with van der Waals surface area (Å²) in [6.45, 7) is 1.80. The van der Waals surface area contributed by atoms with E-state index < -0.39 is 0 Å². The molecule has 0 aliphatic heterocycles. The van der Waals surface area contributed by atoms with Crippen LogP contribution < -0.4 is 10.6 Å². The number of carbonyl (C=O) groups excluding carboxylic acids is 2. The maximum absolute atomic E-state index is 12.1. The van der Waals surface area contributed by atoms with Crippen molar-refractivity contribution in [3.63, 3.8) is 0 Å². The normalized spacial score (nSPS) is 10.7. The minimum atomic E-state index is -0.320. The van der Waals surface area contributed by atoms with Crippen LogP contribution in [0.2, 0.25) is 0 Å². The molecule has 2 heterocycles. The Kier molecular flexibility index (Phi) is 4.33. The van der Waals surface area contributed by atoms with E-state index in [2.05, 4.69) is 30.8 Å². The van der Waals surface area contributed by atoms with Crippen LogP contribution >= 0.6 is 0 Å². The molecular weight excluding hydrogens is 324 g/mol. The van der Waals surface area contributed by atoms with Gasteiger partial charge in [-0.2, -0.15) is 9.90 Å². The Morgan fingerprint density at radius 2 is 2.08 bits per heavy atom. The van der Waals surface area contributed by atoms with Crippen LogP contribution in [0.5, 0.6) is 0 Å². The molecule has 0 atom stereocenters. The van der Waals surface area contributed by atoms with Gasteiger partial charge in [0.25, 0.3) is 0 Å². The van der Waals surface area contributed by atoms with Crippen molar-refractivity contribution in [2.75, 3.05) is 24.7 Å². The van der Waals surface area contributed by atoms with Crippen molar-refractivity contribution in [1.82, 2.24) is 29.9 Å². The van der Waals surface area contributed by atoms with Crippen molar-refractivity contribution >= 4 is 34.5 Å². The van der Waals surface area contributed by atoms with Gasteiger partial charge in [-0.25, -0.2) is 9.78 Å². The standard InChI is InChI=1S/C15H18N8O2/c1-9-17-11-5-4-10(6-12(11)18-9)19-14(24)8-23-16-7-13(21-23)20-15(25)22(2)3/h4-7H,8H2,1-3H3,(H,17,18)(H,19,24)(H,20,21,25). The molecule has 0 saturated heterocycles. The van der Waals surface area contributed by atoms with E-state index in [4.69, 9.17) is 0 Å². The third-order valence-electron chi connectivity index (χ3n) is 3.35. The first-order chi connectivity index (χ1) is 11.9. The number of amides is 3. The number of H-pyrrole nitrogens is 1. The number of anilines is 2. The Morgan fingerprint density at radius 1 is 1.28 bits per heavy atom. The van der Waals surface area contributed by atoms with E-state index in [1.807, 2.05) is 19.1 Å². The molecule has 0 unspecified atom stereocenters. The van der Waals surface area contributed by atoms with Crippen LogP contribution in [0.25, 0.3) is 11.0 Å². The number of aryl methyl sites for hydroxylation is 1. The lowest BCUT2D eigenvalue weighted by atomic mass is 10.3. The first-order valence-corrected chi connectivity index (χ1v) is 7.55. The van der Waals surface area contributed by atoms with Crippen LogP contribution in [0.3, 0.4) is 0 Å². The first kappa shape index (κ1) is 16.4. The van der Waals surface area contributed by atoms with Gasteiger partial charge in [0.2, 0.25) is 5.91 Å². The smallest absolute Gasteiger partial charge is 0.322 e. The van der Waals surface area contributed by atoms with Gasteiger partial charge in [-0.3, -0.25) is 10.1 Å². The summed E-state index contributed by atoms with van der Waals surface area (Å²) in [4.78, 5) is 33.7. The summed E-state index contributed by atoms with van der Waals surface area (Å²) in [5, 5.41) is 13.3. The number of aromatic amines is 1. The maximum Gasteiger partial charge on any atom is 0.322 e. The van der Waals surface area contributed by atoms with Gasteiger partial charge in [-0.05, 0) is 25.1 Å². The maximum atomic E-state index is 12.1. The summed E-state index contributed by atoms with van der Waals surface area (Å²) in [6.07, 6.45) is 1.38. The summed E-state index contributed by atoms with van der Waals surface area (Å²) in [7, 11) is 3.23. The third kappa shape index (κ3) is 3.91. The summed E-state index contributed by atoms with van der Waals surface area (Å²) < 4.78 is 0. The Balaban J connectivity index is 1.61. The van der Waals surface area contributed by atoms with E-state index in [-0.39, 0.29) is 24.3 Å².